The molecule has 1 heterocycles. The van der Waals surface area contributed by atoms with Crippen molar-refractivity contribution in [2.45, 2.75) is 69.3 Å². The van der Waals surface area contributed by atoms with Crippen LogP contribution in [-0.4, -0.2) is 39.8 Å². The van der Waals surface area contributed by atoms with Gasteiger partial charge in [0.25, 0.3) is 0 Å². The van der Waals surface area contributed by atoms with E-state index in [9.17, 15) is 9.59 Å². The van der Waals surface area contributed by atoms with Crippen LogP contribution in [0.2, 0.25) is 0 Å². The Kier molecular flexibility index (Phi) is 6.83. The van der Waals surface area contributed by atoms with Gasteiger partial charge in [0.05, 0.1) is 5.75 Å². The number of carbonyl (C=O) groups is 2. The molecule has 1 aromatic rings. The molecule has 0 radical (unpaired) electrons. The minimum absolute atomic E-state index is 0.0105. The third-order valence-corrected chi connectivity index (χ3v) is 5.60. The highest BCUT2D eigenvalue weighted by Gasteiger charge is 2.35. The first-order chi connectivity index (χ1) is 11.0. The maximum atomic E-state index is 12.0. The van der Waals surface area contributed by atoms with Crippen LogP contribution in [0.1, 0.15) is 52.9 Å². The minimum Gasteiger partial charge on any atom is -0.353 e. The van der Waals surface area contributed by atoms with Gasteiger partial charge in [-0.05, 0) is 26.2 Å². The highest BCUT2D eigenvalue weighted by atomic mass is 32.2. The molecule has 2 amide bonds. The van der Waals surface area contributed by atoms with Gasteiger partial charge in [-0.1, -0.05) is 43.4 Å². The average Bonchev–Trinajstić information content (AvgIpc) is 3.23. The second-order valence-corrected chi connectivity index (χ2v) is 7.92. The maximum absolute atomic E-state index is 12.0. The topological polar surface area (TPSA) is 75.2 Å². The van der Waals surface area contributed by atoms with Crippen molar-refractivity contribution < 1.29 is 9.59 Å². The number of hydrogen-bond donors (Lipinski definition) is 1. The Hall–Kier alpha value is -1.15. The summed E-state index contributed by atoms with van der Waals surface area (Å²) < 4.78 is 0.729. The van der Waals surface area contributed by atoms with E-state index in [1.807, 2.05) is 13.8 Å². The third kappa shape index (κ3) is 5.46. The monoisotopic (exact) mass is 356 g/mol. The molecule has 1 aromatic heterocycles. The molecule has 0 spiro atoms. The molecule has 1 aliphatic rings. The molecule has 2 rings (SSSR count). The van der Waals surface area contributed by atoms with E-state index in [0.29, 0.717) is 17.3 Å². The number of thioether (sulfide) groups is 1. The molecule has 1 fully saturated rings. The molecule has 0 aromatic carbocycles. The molecule has 1 N–H and O–H groups in total. The fourth-order valence-electron chi connectivity index (χ4n) is 2.28. The molecule has 1 atom stereocenters. The van der Waals surface area contributed by atoms with Crippen molar-refractivity contribution in [1.29, 1.82) is 0 Å². The van der Waals surface area contributed by atoms with Crippen molar-refractivity contribution >= 4 is 40.0 Å². The third-order valence-electron chi connectivity index (χ3n) is 3.54. The number of nitrogens with zero attached hydrogens (tertiary/aromatic N) is 3. The van der Waals surface area contributed by atoms with E-state index in [-0.39, 0.29) is 23.9 Å². The lowest BCUT2D eigenvalue weighted by atomic mass is 10.2. The summed E-state index contributed by atoms with van der Waals surface area (Å²) >= 11 is 2.76. The lowest BCUT2D eigenvalue weighted by Gasteiger charge is -2.17. The van der Waals surface area contributed by atoms with Crippen molar-refractivity contribution in [3.8, 4) is 0 Å². The zero-order valence-corrected chi connectivity index (χ0v) is 15.5. The SMILES string of the molecule is CCCC(C)NC(=O)CSc1nnc(N(C(=O)CC)C2CC2)s1. The predicted molar refractivity (Wildman–Crippen MR) is 93.9 cm³/mol. The quantitative estimate of drug-likeness (QED) is 0.544. The van der Waals surface area contributed by atoms with Gasteiger partial charge in [0, 0.05) is 18.5 Å². The lowest BCUT2D eigenvalue weighted by molar-refractivity contribution is -0.119. The van der Waals surface area contributed by atoms with E-state index in [1.165, 1.54) is 23.1 Å². The molecular formula is C15H24N4O2S2. The van der Waals surface area contributed by atoms with Gasteiger partial charge in [0.2, 0.25) is 16.9 Å². The minimum atomic E-state index is 0.0105. The van der Waals surface area contributed by atoms with Crippen LogP contribution in [0.3, 0.4) is 0 Å². The van der Waals surface area contributed by atoms with E-state index in [1.54, 1.807) is 4.90 Å². The van der Waals surface area contributed by atoms with E-state index in [2.05, 4.69) is 22.4 Å². The maximum Gasteiger partial charge on any atom is 0.230 e. The summed E-state index contributed by atoms with van der Waals surface area (Å²) in [4.78, 5) is 25.7. The molecule has 0 saturated heterocycles. The predicted octanol–water partition coefficient (Wildman–Crippen LogP) is 2.84. The van der Waals surface area contributed by atoms with Crippen LogP contribution in [-0.2, 0) is 9.59 Å². The van der Waals surface area contributed by atoms with Gasteiger partial charge in [-0.25, -0.2) is 0 Å². The number of nitrogens with one attached hydrogen (secondary N) is 1. The Morgan fingerprint density at radius 1 is 1.39 bits per heavy atom. The van der Waals surface area contributed by atoms with E-state index >= 15 is 0 Å². The lowest BCUT2D eigenvalue weighted by Crippen LogP contribution is -2.33. The number of amides is 2. The normalized spacial score (nSPS) is 15.3. The van der Waals surface area contributed by atoms with E-state index in [4.69, 9.17) is 0 Å². The standard InChI is InChI=1S/C15H24N4O2S2/c1-4-6-10(3)16-12(20)9-22-15-18-17-14(23-15)19(11-7-8-11)13(21)5-2/h10-11H,4-9H2,1-3H3,(H,16,20). The average molecular weight is 357 g/mol. The molecule has 0 bridgehead atoms. The van der Waals surface area contributed by atoms with Crippen molar-refractivity contribution in [2.24, 2.45) is 0 Å². The van der Waals surface area contributed by atoms with Crippen molar-refractivity contribution in [1.82, 2.24) is 15.5 Å². The Morgan fingerprint density at radius 2 is 2.13 bits per heavy atom. The highest BCUT2D eigenvalue weighted by molar-refractivity contribution is 8.01. The second-order valence-electron chi connectivity index (χ2n) is 5.74. The molecule has 0 aliphatic heterocycles. The van der Waals surface area contributed by atoms with E-state index < -0.39 is 0 Å². The van der Waals surface area contributed by atoms with Gasteiger partial charge >= 0.3 is 0 Å². The highest BCUT2D eigenvalue weighted by Crippen LogP contribution is 2.36. The van der Waals surface area contributed by atoms with Gasteiger partial charge in [0.1, 0.15) is 0 Å². The summed E-state index contributed by atoms with van der Waals surface area (Å²) in [7, 11) is 0. The fraction of sp³-hybridized carbons (Fsp3) is 0.733. The molecule has 23 heavy (non-hydrogen) atoms. The molecular weight excluding hydrogens is 332 g/mol. The van der Waals surface area contributed by atoms with Crippen LogP contribution >= 0.6 is 23.1 Å². The van der Waals surface area contributed by atoms with Crippen LogP contribution in [0.25, 0.3) is 0 Å². The molecule has 6 nitrogen and oxygen atoms in total. The Morgan fingerprint density at radius 3 is 2.74 bits per heavy atom. The van der Waals surface area contributed by atoms with Crippen LogP contribution in [0.15, 0.2) is 4.34 Å². The molecule has 8 heteroatoms. The van der Waals surface area contributed by atoms with Crippen molar-refractivity contribution in [3.05, 3.63) is 0 Å². The van der Waals surface area contributed by atoms with E-state index in [0.717, 1.165) is 30.0 Å². The van der Waals surface area contributed by atoms with Gasteiger partial charge in [0.15, 0.2) is 4.34 Å². The van der Waals surface area contributed by atoms with Crippen LogP contribution < -0.4 is 10.2 Å². The fourth-order valence-corrected chi connectivity index (χ4v) is 4.02. The summed E-state index contributed by atoms with van der Waals surface area (Å²) in [6.07, 6.45) is 4.57. The largest absolute Gasteiger partial charge is 0.353 e. The molecule has 1 unspecified atom stereocenters. The van der Waals surface area contributed by atoms with Crippen molar-refractivity contribution in [3.63, 3.8) is 0 Å². The number of aromatic nitrogens is 2. The smallest absolute Gasteiger partial charge is 0.230 e. The zero-order valence-electron chi connectivity index (χ0n) is 13.9. The zero-order chi connectivity index (χ0) is 16.8. The Bertz CT molecular complexity index is 545. The van der Waals surface area contributed by atoms with Gasteiger partial charge in [-0.3, -0.25) is 14.5 Å². The number of anilines is 1. The van der Waals surface area contributed by atoms with Gasteiger partial charge in [-0.2, -0.15) is 0 Å². The second kappa shape index (κ2) is 8.63. The Balaban J connectivity index is 1.87. The van der Waals surface area contributed by atoms with Crippen molar-refractivity contribution in [2.75, 3.05) is 10.7 Å². The number of rotatable bonds is 9. The van der Waals surface area contributed by atoms with Gasteiger partial charge in [-0.15, -0.1) is 10.2 Å². The molecule has 1 saturated carbocycles. The summed E-state index contributed by atoms with van der Waals surface area (Å²) in [6, 6.07) is 0.483. The summed E-state index contributed by atoms with van der Waals surface area (Å²) in [5.74, 6) is 0.427. The first kappa shape index (κ1) is 18.2. The summed E-state index contributed by atoms with van der Waals surface area (Å²) in [6.45, 7) is 5.97. The number of carbonyl (C=O) groups excluding carboxylic acids is 2. The van der Waals surface area contributed by atoms with Crippen LogP contribution in [0.5, 0.6) is 0 Å². The molecule has 128 valence electrons. The Labute approximate surface area is 145 Å². The first-order valence-corrected chi connectivity index (χ1v) is 9.93. The molecule has 1 aliphatic carbocycles. The van der Waals surface area contributed by atoms with Crippen LogP contribution in [0.4, 0.5) is 5.13 Å². The van der Waals surface area contributed by atoms with Gasteiger partial charge < -0.3 is 5.32 Å². The number of hydrogen-bond acceptors (Lipinski definition) is 6. The first-order valence-electron chi connectivity index (χ1n) is 8.12. The summed E-state index contributed by atoms with van der Waals surface area (Å²) in [5, 5.41) is 11.9. The summed E-state index contributed by atoms with van der Waals surface area (Å²) in [5.41, 5.74) is 0. The van der Waals surface area contributed by atoms with Crippen LogP contribution in [0, 0.1) is 0 Å².